The third-order valence-corrected chi connectivity index (χ3v) is 5.51. The molecule has 1 aliphatic rings. The summed E-state index contributed by atoms with van der Waals surface area (Å²) in [6.45, 7) is 3.94. The number of rotatable bonds is 4. The van der Waals surface area contributed by atoms with Crippen LogP contribution in [-0.2, 0) is 0 Å². The molecule has 0 radical (unpaired) electrons. The summed E-state index contributed by atoms with van der Waals surface area (Å²) in [6, 6.07) is 15.8. The summed E-state index contributed by atoms with van der Waals surface area (Å²) in [5.41, 5.74) is 4.64. The van der Waals surface area contributed by atoms with E-state index < -0.39 is 0 Å². The molecular formula is C21H21N3OS. The van der Waals surface area contributed by atoms with Gasteiger partial charge in [-0.3, -0.25) is 4.79 Å². The van der Waals surface area contributed by atoms with E-state index in [9.17, 15) is 4.79 Å². The summed E-state index contributed by atoms with van der Waals surface area (Å²) in [5.74, 6) is 0.348. The van der Waals surface area contributed by atoms with Crippen LogP contribution in [0.5, 0.6) is 0 Å². The topological polar surface area (TPSA) is 54.0 Å². The summed E-state index contributed by atoms with van der Waals surface area (Å²) in [4.78, 5) is 17.4. The van der Waals surface area contributed by atoms with Crippen LogP contribution in [0.3, 0.4) is 0 Å². The summed E-state index contributed by atoms with van der Waals surface area (Å²) in [7, 11) is 0. The number of amides is 1. The fraction of sp³-hybridized carbons (Fsp3) is 0.238. The lowest BCUT2D eigenvalue weighted by Crippen LogP contribution is -2.17. The largest absolute Gasteiger partial charge is 0.322 e. The second kappa shape index (κ2) is 7.40. The second-order valence-electron chi connectivity index (χ2n) is 6.56. The molecule has 1 saturated heterocycles. The van der Waals surface area contributed by atoms with Crippen LogP contribution < -0.4 is 10.6 Å². The van der Waals surface area contributed by atoms with Crippen molar-refractivity contribution in [2.24, 2.45) is 0 Å². The fourth-order valence-corrected chi connectivity index (χ4v) is 4.05. The van der Waals surface area contributed by atoms with Gasteiger partial charge in [-0.1, -0.05) is 30.3 Å². The molecular weight excluding hydrogens is 342 g/mol. The van der Waals surface area contributed by atoms with Crippen molar-refractivity contribution in [1.82, 2.24) is 10.3 Å². The summed E-state index contributed by atoms with van der Waals surface area (Å²) in [6.07, 6.45) is 1.07. The van der Waals surface area contributed by atoms with Gasteiger partial charge in [0.25, 0.3) is 5.91 Å². The number of anilines is 1. The van der Waals surface area contributed by atoms with Crippen LogP contribution >= 0.6 is 11.3 Å². The van der Waals surface area contributed by atoms with Crippen LogP contribution in [0.25, 0.3) is 11.3 Å². The molecule has 2 heterocycles. The van der Waals surface area contributed by atoms with Gasteiger partial charge in [-0.05, 0) is 49.6 Å². The lowest BCUT2D eigenvalue weighted by Gasteiger charge is -2.15. The van der Waals surface area contributed by atoms with Crippen molar-refractivity contribution in [2.75, 3.05) is 18.4 Å². The van der Waals surface area contributed by atoms with E-state index in [1.54, 1.807) is 11.3 Å². The third-order valence-electron chi connectivity index (χ3n) is 4.74. The zero-order valence-corrected chi connectivity index (χ0v) is 15.5. The van der Waals surface area contributed by atoms with Gasteiger partial charge < -0.3 is 10.6 Å². The van der Waals surface area contributed by atoms with Crippen molar-refractivity contribution in [2.45, 2.75) is 19.3 Å². The Kier molecular flexibility index (Phi) is 4.82. The quantitative estimate of drug-likeness (QED) is 0.720. The first-order valence-corrected chi connectivity index (χ1v) is 9.72. The van der Waals surface area contributed by atoms with E-state index in [2.05, 4.69) is 21.7 Å². The predicted octanol–water partition coefficient (Wildman–Crippen LogP) is 4.45. The monoisotopic (exact) mass is 363 g/mol. The maximum absolute atomic E-state index is 12.9. The van der Waals surface area contributed by atoms with Crippen molar-refractivity contribution in [3.8, 4) is 11.3 Å². The van der Waals surface area contributed by atoms with Gasteiger partial charge >= 0.3 is 0 Å². The second-order valence-corrected chi connectivity index (χ2v) is 7.63. The minimum atomic E-state index is -0.0564. The number of carbonyl (C=O) groups is 1. The van der Waals surface area contributed by atoms with Crippen molar-refractivity contribution in [3.63, 3.8) is 0 Å². The Morgan fingerprint density at radius 3 is 2.88 bits per heavy atom. The highest BCUT2D eigenvalue weighted by molar-refractivity contribution is 7.09. The number of hydrogen-bond acceptors (Lipinski definition) is 4. The number of nitrogens with one attached hydrogen (secondary N) is 2. The molecule has 26 heavy (non-hydrogen) atoms. The van der Waals surface area contributed by atoms with Crippen LogP contribution in [0.2, 0.25) is 0 Å². The fourth-order valence-electron chi connectivity index (χ4n) is 3.43. The molecule has 0 saturated carbocycles. The molecule has 2 N–H and O–H groups in total. The summed E-state index contributed by atoms with van der Waals surface area (Å²) in [5, 5.41) is 9.51. The normalized spacial score (nSPS) is 16.6. The summed E-state index contributed by atoms with van der Waals surface area (Å²) >= 11 is 1.63. The average Bonchev–Trinajstić information content (AvgIpc) is 3.34. The zero-order valence-electron chi connectivity index (χ0n) is 14.7. The summed E-state index contributed by atoms with van der Waals surface area (Å²) < 4.78 is 0. The van der Waals surface area contributed by atoms with Crippen LogP contribution in [0.4, 0.5) is 5.69 Å². The first-order chi connectivity index (χ1) is 12.7. The van der Waals surface area contributed by atoms with Crippen LogP contribution in [0, 0.1) is 6.92 Å². The van der Waals surface area contributed by atoms with Gasteiger partial charge in [0.2, 0.25) is 0 Å². The molecule has 132 valence electrons. The van der Waals surface area contributed by atoms with E-state index in [0.717, 1.165) is 52.6 Å². The molecule has 5 heteroatoms. The number of thiazole rings is 1. The van der Waals surface area contributed by atoms with E-state index in [0.29, 0.717) is 5.92 Å². The molecule has 3 aromatic rings. The van der Waals surface area contributed by atoms with Gasteiger partial charge in [0.15, 0.2) is 0 Å². The standard InChI is InChI=1S/C21H21N3OS/c1-14-23-20(13-26-14)15-5-4-6-17(11-15)24-21(25)19-8-3-2-7-18(19)16-9-10-22-12-16/h2-8,11,13,16,22H,9-10,12H2,1H3,(H,24,25)/t16-/m1/s1. The van der Waals surface area contributed by atoms with Crippen LogP contribution in [0.1, 0.15) is 33.3 Å². The number of aromatic nitrogens is 1. The molecule has 1 amide bonds. The van der Waals surface area contributed by atoms with Gasteiger partial charge in [0.05, 0.1) is 10.7 Å². The molecule has 1 aliphatic heterocycles. The maximum atomic E-state index is 12.9. The number of benzene rings is 2. The Morgan fingerprint density at radius 2 is 2.12 bits per heavy atom. The van der Waals surface area contributed by atoms with Gasteiger partial charge in [0, 0.05) is 28.7 Å². The zero-order chi connectivity index (χ0) is 17.9. The first-order valence-electron chi connectivity index (χ1n) is 8.84. The lowest BCUT2D eigenvalue weighted by molar-refractivity contribution is 0.102. The van der Waals surface area contributed by atoms with Gasteiger partial charge in [-0.25, -0.2) is 4.98 Å². The average molecular weight is 363 g/mol. The van der Waals surface area contributed by atoms with E-state index in [-0.39, 0.29) is 5.91 Å². The maximum Gasteiger partial charge on any atom is 0.255 e. The number of nitrogens with zero attached hydrogens (tertiary/aromatic N) is 1. The Morgan fingerprint density at radius 1 is 1.23 bits per heavy atom. The number of aryl methyl sites for hydroxylation is 1. The van der Waals surface area contributed by atoms with E-state index >= 15 is 0 Å². The van der Waals surface area contributed by atoms with E-state index in [4.69, 9.17) is 0 Å². The van der Waals surface area contributed by atoms with Gasteiger partial charge in [0.1, 0.15) is 0 Å². The van der Waals surface area contributed by atoms with Crippen LogP contribution in [0.15, 0.2) is 53.9 Å². The highest BCUT2D eigenvalue weighted by Crippen LogP contribution is 2.27. The molecule has 0 spiro atoms. The third kappa shape index (κ3) is 3.54. The lowest BCUT2D eigenvalue weighted by atomic mass is 9.93. The van der Waals surface area contributed by atoms with E-state index in [1.165, 1.54) is 0 Å². The Hall–Kier alpha value is -2.50. The number of hydrogen-bond donors (Lipinski definition) is 2. The molecule has 0 bridgehead atoms. The van der Waals surface area contributed by atoms with Gasteiger partial charge in [-0.2, -0.15) is 0 Å². The van der Waals surface area contributed by atoms with Crippen molar-refractivity contribution >= 4 is 22.9 Å². The molecule has 0 unspecified atom stereocenters. The number of carbonyl (C=O) groups excluding carboxylic acids is 1. The highest BCUT2D eigenvalue weighted by Gasteiger charge is 2.22. The molecule has 0 aliphatic carbocycles. The van der Waals surface area contributed by atoms with Gasteiger partial charge in [-0.15, -0.1) is 11.3 Å². The molecule has 1 atom stereocenters. The Balaban J connectivity index is 1.57. The van der Waals surface area contributed by atoms with Crippen molar-refractivity contribution in [1.29, 1.82) is 0 Å². The Bertz CT molecular complexity index is 928. The minimum Gasteiger partial charge on any atom is -0.322 e. The predicted molar refractivity (Wildman–Crippen MR) is 107 cm³/mol. The smallest absolute Gasteiger partial charge is 0.255 e. The Labute approximate surface area is 157 Å². The highest BCUT2D eigenvalue weighted by atomic mass is 32.1. The molecule has 1 fully saturated rings. The molecule has 4 rings (SSSR count). The van der Waals surface area contributed by atoms with E-state index in [1.807, 2.05) is 54.8 Å². The molecule has 4 nitrogen and oxygen atoms in total. The van der Waals surface area contributed by atoms with Crippen LogP contribution in [-0.4, -0.2) is 24.0 Å². The minimum absolute atomic E-state index is 0.0564. The molecule has 1 aromatic heterocycles. The molecule has 2 aromatic carbocycles. The van der Waals surface area contributed by atoms with Crippen molar-refractivity contribution in [3.05, 3.63) is 70.0 Å². The van der Waals surface area contributed by atoms with Crippen molar-refractivity contribution < 1.29 is 4.79 Å². The first kappa shape index (κ1) is 16.9. The SMILES string of the molecule is Cc1nc(-c2cccc(NC(=O)c3ccccc3[C@@H]3CCNC3)c2)cs1.